The second-order valence-electron chi connectivity index (χ2n) is 15.9. The van der Waals surface area contributed by atoms with Crippen LogP contribution in [0.3, 0.4) is 0 Å². The maximum absolute atomic E-state index is 14.6. The van der Waals surface area contributed by atoms with E-state index in [2.05, 4.69) is 5.32 Å². The monoisotopic (exact) mass is 682 g/mol. The van der Waals surface area contributed by atoms with Gasteiger partial charge in [-0.1, -0.05) is 0 Å². The summed E-state index contributed by atoms with van der Waals surface area (Å²) in [5, 5.41) is 3.38. The van der Waals surface area contributed by atoms with Crippen LogP contribution in [0.15, 0.2) is 18.2 Å². The van der Waals surface area contributed by atoms with Gasteiger partial charge in [-0.25, -0.2) is 4.79 Å². The standard InChI is InChI=1S/C37H54N4O8/c1-7-46-19-16-40-29-21-28(10-11-30(29)48-36(5,6)33(40)44)41(27-8-9-27)32(43)25-20-24(22-39(23-25)34(45)49-35(2,3)4)31(42)38-37(14-15-37)26-12-17-47-18-13-26/h10-11,21,24-27H,7-9,12-20,22-23H2,1-6H3,(H,38,42)/t24-,25+/m0/s1. The third-order valence-corrected chi connectivity index (χ3v) is 10.4. The molecule has 0 spiro atoms. The largest absolute Gasteiger partial charge is 0.476 e. The number of amides is 4. The van der Waals surface area contributed by atoms with Crippen LogP contribution in [-0.2, 0) is 28.6 Å². The van der Waals surface area contributed by atoms with E-state index in [-0.39, 0.29) is 42.4 Å². The van der Waals surface area contributed by atoms with E-state index >= 15 is 0 Å². The first-order chi connectivity index (χ1) is 23.2. The first kappa shape index (κ1) is 35.4. The summed E-state index contributed by atoms with van der Waals surface area (Å²) in [5.41, 5.74) is -0.730. The molecular weight excluding hydrogens is 628 g/mol. The number of nitrogens with one attached hydrogen (secondary N) is 1. The summed E-state index contributed by atoms with van der Waals surface area (Å²) in [5.74, 6) is -0.649. The van der Waals surface area contributed by atoms with Gasteiger partial charge in [0, 0.05) is 56.7 Å². The Morgan fingerprint density at radius 2 is 1.73 bits per heavy atom. The van der Waals surface area contributed by atoms with E-state index in [9.17, 15) is 19.2 Å². The molecule has 5 aliphatic rings. The fraction of sp³-hybridized carbons (Fsp3) is 0.730. The van der Waals surface area contributed by atoms with Crippen molar-refractivity contribution in [1.29, 1.82) is 0 Å². The van der Waals surface area contributed by atoms with Crippen molar-refractivity contribution < 1.29 is 38.1 Å². The molecule has 0 aromatic heterocycles. The lowest BCUT2D eigenvalue weighted by atomic mass is 9.85. The van der Waals surface area contributed by atoms with E-state index in [1.165, 1.54) is 4.90 Å². The number of fused-ring (bicyclic) bond motifs is 1. The number of ether oxygens (including phenoxy) is 4. The highest BCUT2D eigenvalue weighted by molar-refractivity contribution is 6.04. The van der Waals surface area contributed by atoms with Crippen molar-refractivity contribution in [3.63, 3.8) is 0 Å². The molecule has 2 aliphatic carbocycles. The second kappa shape index (κ2) is 13.7. The molecular formula is C37H54N4O8. The van der Waals surface area contributed by atoms with Crippen molar-refractivity contribution in [2.45, 2.75) is 109 Å². The number of hydrogen-bond donors (Lipinski definition) is 1. The van der Waals surface area contributed by atoms with Crippen LogP contribution in [0.4, 0.5) is 16.2 Å². The summed E-state index contributed by atoms with van der Waals surface area (Å²) in [7, 11) is 0. The van der Waals surface area contributed by atoms with Crippen LogP contribution < -0.4 is 19.9 Å². The van der Waals surface area contributed by atoms with Crippen LogP contribution in [-0.4, -0.2) is 97.6 Å². The fourth-order valence-corrected chi connectivity index (χ4v) is 7.59. The summed E-state index contributed by atoms with van der Waals surface area (Å²) in [4.78, 5) is 60.6. The van der Waals surface area contributed by atoms with Gasteiger partial charge in [0.15, 0.2) is 5.60 Å². The molecule has 0 bridgehead atoms. The van der Waals surface area contributed by atoms with E-state index in [0.29, 0.717) is 62.4 Å². The topological polar surface area (TPSA) is 127 Å². The third kappa shape index (κ3) is 7.85. The molecule has 1 aromatic carbocycles. The highest BCUT2D eigenvalue weighted by Gasteiger charge is 2.52. The number of carbonyl (C=O) groups excluding carboxylic acids is 4. The van der Waals surface area contributed by atoms with Gasteiger partial charge >= 0.3 is 6.09 Å². The predicted octanol–water partition coefficient (Wildman–Crippen LogP) is 4.67. The summed E-state index contributed by atoms with van der Waals surface area (Å²) in [6, 6.07) is 5.54. The lowest BCUT2D eigenvalue weighted by Crippen LogP contribution is -2.55. The minimum Gasteiger partial charge on any atom is -0.476 e. The van der Waals surface area contributed by atoms with Crippen LogP contribution in [0.5, 0.6) is 5.75 Å². The molecule has 4 fully saturated rings. The van der Waals surface area contributed by atoms with Crippen molar-refractivity contribution in [3.05, 3.63) is 18.2 Å². The Balaban J connectivity index is 1.26. The van der Waals surface area contributed by atoms with E-state index in [4.69, 9.17) is 18.9 Å². The average molecular weight is 683 g/mol. The molecule has 270 valence electrons. The first-order valence-electron chi connectivity index (χ1n) is 18.1. The summed E-state index contributed by atoms with van der Waals surface area (Å²) in [6.45, 7) is 13.9. The van der Waals surface area contributed by atoms with Gasteiger partial charge in [0.1, 0.15) is 11.4 Å². The zero-order chi connectivity index (χ0) is 35.1. The molecule has 0 radical (unpaired) electrons. The fourth-order valence-electron chi connectivity index (χ4n) is 7.59. The van der Waals surface area contributed by atoms with E-state index < -0.39 is 29.1 Å². The Morgan fingerprint density at radius 1 is 1.04 bits per heavy atom. The maximum atomic E-state index is 14.6. The van der Waals surface area contributed by atoms with Crippen molar-refractivity contribution in [2.75, 3.05) is 55.9 Å². The number of carbonyl (C=O) groups is 4. The summed E-state index contributed by atoms with van der Waals surface area (Å²) < 4.78 is 23.0. The number of nitrogens with zero attached hydrogens (tertiary/aromatic N) is 3. The molecule has 12 heteroatoms. The van der Waals surface area contributed by atoms with Gasteiger partial charge in [0.25, 0.3) is 5.91 Å². The molecule has 1 N–H and O–H groups in total. The van der Waals surface area contributed by atoms with Gasteiger partial charge in [0.05, 0.1) is 24.1 Å². The smallest absolute Gasteiger partial charge is 0.410 e. The zero-order valence-corrected chi connectivity index (χ0v) is 30.0. The number of likely N-dealkylation sites (tertiary alicyclic amines) is 1. The molecule has 12 nitrogen and oxygen atoms in total. The first-order valence-corrected chi connectivity index (χ1v) is 18.1. The average Bonchev–Trinajstić information content (AvgIpc) is 4.00. The van der Waals surface area contributed by atoms with Crippen LogP contribution in [0.25, 0.3) is 0 Å². The number of rotatable bonds is 10. The van der Waals surface area contributed by atoms with E-state index in [0.717, 1.165) is 38.5 Å². The van der Waals surface area contributed by atoms with E-state index in [1.807, 2.05) is 50.8 Å². The van der Waals surface area contributed by atoms with Crippen molar-refractivity contribution in [3.8, 4) is 5.75 Å². The number of hydrogen-bond acceptors (Lipinski definition) is 8. The maximum Gasteiger partial charge on any atom is 0.410 e. The molecule has 0 unspecified atom stereocenters. The van der Waals surface area contributed by atoms with Crippen LogP contribution in [0, 0.1) is 17.8 Å². The third-order valence-electron chi connectivity index (χ3n) is 10.4. The lowest BCUT2D eigenvalue weighted by molar-refractivity contribution is -0.133. The highest BCUT2D eigenvalue weighted by Crippen LogP contribution is 2.47. The molecule has 3 aliphatic heterocycles. The van der Waals surface area contributed by atoms with Gasteiger partial charge in [-0.3, -0.25) is 14.4 Å². The predicted molar refractivity (Wildman–Crippen MR) is 184 cm³/mol. The zero-order valence-electron chi connectivity index (χ0n) is 30.0. The number of piperidine rings is 1. The Hall–Kier alpha value is -3.38. The Bertz CT molecular complexity index is 1430. The summed E-state index contributed by atoms with van der Waals surface area (Å²) in [6.07, 6.45) is 5.22. The van der Waals surface area contributed by atoms with Crippen molar-refractivity contribution in [2.24, 2.45) is 17.8 Å². The Kier molecular flexibility index (Phi) is 9.94. The molecule has 49 heavy (non-hydrogen) atoms. The molecule has 4 amide bonds. The Morgan fingerprint density at radius 3 is 2.37 bits per heavy atom. The van der Waals surface area contributed by atoms with Gasteiger partial charge in [-0.05, 0) is 111 Å². The number of benzene rings is 1. The molecule has 2 saturated carbocycles. The van der Waals surface area contributed by atoms with Gasteiger partial charge in [-0.2, -0.15) is 0 Å². The van der Waals surface area contributed by atoms with Crippen LogP contribution in [0.1, 0.15) is 86.5 Å². The quantitative estimate of drug-likeness (QED) is 0.353. The summed E-state index contributed by atoms with van der Waals surface area (Å²) >= 11 is 0. The normalized spacial score (nSPS) is 24.8. The lowest BCUT2D eigenvalue weighted by Gasteiger charge is -2.41. The minimum absolute atomic E-state index is 0.00786. The molecule has 3 heterocycles. The highest BCUT2D eigenvalue weighted by atomic mass is 16.6. The van der Waals surface area contributed by atoms with E-state index in [1.54, 1.807) is 18.7 Å². The van der Waals surface area contributed by atoms with Crippen LogP contribution >= 0.6 is 0 Å². The van der Waals surface area contributed by atoms with Crippen LogP contribution in [0.2, 0.25) is 0 Å². The molecule has 1 aromatic rings. The molecule has 6 rings (SSSR count). The van der Waals surface area contributed by atoms with Gasteiger partial charge in [-0.15, -0.1) is 0 Å². The minimum atomic E-state index is -1.04. The van der Waals surface area contributed by atoms with Gasteiger partial charge in [0.2, 0.25) is 11.8 Å². The Labute approximate surface area is 290 Å². The molecule has 2 atom stereocenters. The SMILES string of the molecule is CCOCCN1C(=O)C(C)(C)Oc2ccc(N(C(=O)[C@@H]3C[C@H](C(=O)NC4(C5CCOCC5)CC4)CN(C(=O)OC(C)(C)C)C3)C3CC3)cc21. The number of anilines is 2. The van der Waals surface area contributed by atoms with Gasteiger partial charge < -0.3 is 39.0 Å². The van der Waals surface area contributed by atoms with Crippen molar-refractivity contribution in [1.82, 2.24) is 10.2 Å². The van der Waals surface area contributed by atoms with Crippen molar-refractivity contribution >= 4 is 35.2 Å². The second-order valence-corrected chi connectivity index (χ2v) is 15.9. The molecule has 2 saturated heterocycles.